The van der Waals surface area contributed by atoms with Gasteiger partial charge in [0.2, 0.25) is 21.8 Å². The molecule has 228 valence electrons. The molecule has 3 aromatic rings. The number of hydrogen-bond donors (Lipinski definition) is 3. The molecule has 0 unspecified atom stereocenters. The van der Waals surface area contributed by atoms with Crippen molar-refractivity contribution < 1.29 is 18.0 Å². The molecule has 2 aromatic heterocycles. The van der Waals surface area contributed by atoms with E-state index >= 15 is 0 Å². The molecule has 0 spiro atoms. The molecule has 1 aliphatic heterocycles. The van der Waals surface area contributed by atoms with Gasteiger partial charge < -0.3 is 15.2 Å². The molecule has 42 heavy (non-hydrogen) atoms. The number of aromatic amines is 1. The first-order valence-corrected chi connectivity index (χ1v) is 16.9. The molecular formula is C30H40ClN5O4S2. The first-order valence-electron chi connectivity index (χ1n) is 14.5. The van der Waals surface area contributed by atoms with Gasteiger partial charge in [0, 0.05) is 35.6 Å². The fraction of sp³-hybridized carbons (Fsp3) is 0.500. The largest absolute Gasteiger partial charge is 0.348 e. The third-order valence-corrected chi connectivity index (χ3v) is 10.7. The molecule has 1 atom stereocenters. The van der Waals surface area contributed by atoms with Gasteiger partial charge in [-0.1, -0.05) is 25.1 Å². The van der Waals surface area contributed by atoms with E-state index < -0.39 is 16.1 Å². The summed E-state index contributed by atoms with van der Waals surface area (Å²) in [5.41, 5.74) is 2.75. The number of halogens is 1. The normalized spacial score (nSPS) is 16.6. The number of rotatable bonds is 12. The Bertz CT molecular complexity index is 1460. The van der Waals surface area contributed by atoms with Gasteiger partial charge in [0.1, 0.15) is 10.9 Å². The highest BCUT2D eigenvalue weighted by Crippen LogP contribution is 2.42. The number of sulfonamides is 1. The summed E-state index contributed by atoms with van der Waals surface area (Å²) in [6.07, 6.45) is 7.94. The number of aryl methyl sites for hydroxylation is 2. The van der Waals surface area contributed by atoms with Gasteiger partial charge in [0.25, 0.3) is 0 Å². The number of nitrogens with zero attached hydrogens (tertiary/aromatic N) is 2. The number of nitrogens with one attached hydrogen (secondary N) is 3. The van der Waals surface area contributed by atoms with Crippen LogP contribution in [0.25, 0.3) is 10.4 Å². The lowest BCUT2D eigenvalue weighted by atomic mass is 9.91. The Hall–Kier alpha value is -2.73. The lowest BCUT2D eigenvalue weighted by Gasteiger charge is -2.34. The van der Waals surface area contributed by atoms with Crippen molar-refractivity contribution in [3.63, 3.8) is 0 Å². The van der Waals surface area contributed by atoms with Crippen LogP contribution in [-0.2, 0) is 26.0 Å². The molecule has 1 saturated heterocycles. The van der Waals surface area contributed by atoms with Crippen molar-refractivity contribution in [2.45, 2.75) is 76.2 Å². The maximum Gasteiger partial charge on any atom is 0.243 e. The summed E-state index contributed by atoms with van der Waals surface area (Å²) in [5, 5.41) is 4.72. The second kappa shape index (κ2) is 14.2. The standard InChI is InChI=1S/C30H39N5O4S2.ClH/c1-3-28(36)33-29-23(26-10-6-18-40-26)7-4-11-27(29)41(38,39)34-25(9-5-8-24-20(2)31-19-32-24)30(37)35-16-14-22(15-17-35)21-12-13-21;/h4,6-7,10-11,18-19,21-22,25,34H,3,5,8-9,12-17H2,1-2H3,(H,31,32)(H,33,36);1H/t25-;/m0./s1. The number of thiophene rings is 1. The summed E-state index contributed by atoms with van der Waals surface area (Å²) in [6.45, 7) is 4.98. The van der Waals surface area contributed by atoms with Crippen LogP contribution in [0.4, 0.5) is 5.69 Å². The number of carbonyl (C=O) groups excluding carboxylic acids is 2. The molecule has 0 bridgehead atoms. The number of piperidine rings is 1. The fourth-order valence-electron chi connectivity index (χ4n) is 5.72. The van der Waals surface area contributed by atoms with Gasteiger partial charge in [-0.15, -0.1) is 23.7 Å². The Kier molecular flexibility index (Phi) is 10.9. The molecule has 5 rings (SSSR count). The quantitative estimate of drug-likeness (QED) is 0.242. The molecule has 2 fully saturated rings. The van der Waals surface area contributed by atoms with E-state index in [0.29, 0.717) is 43.8 Å². The van der Waals surface area contributed by atoms with Crippen LogP contribution in [0.3, 0.4) is 0 Å². The molecule has 12 heteroatoms. The number of amides is 2. The maximum atomic E-state index is 14.0. The van der Waals surface area contributed by atoms with Crippen molar-refractivity contribution in [2.75, 3.05) is 18.4 Å². The van der Waals surface area contributed by atoms with E-state index in [2.05, 4.69) is 20.0 Å². The SMILES string of the molecule is CCC(=O)Nc1c(-c2cccs2)cccc1S(=O)(=O)N[C@@H](CCCc1nc[nH]c1C)C(=O)N1CCC(C2CC2)CC1.Cl. The summed E-state index contributed by atoms with van der Waals surface area (Å²) in [6, 6.07) is 7.81. The number of aromatic nitrogens is 2. The topological polar surface area (TPSA) is 124 Å². The maximum absolute atomic E-state index is 14.0. The first kappa shape index (κ1) is 32.2. The monoisotopic (exact) mass is 633 g/mol. The van der Waals surface area contributed by atoms with Crippen molar-refractivity contribution in [3.05, 3.63) is 53.4 Å². The molecule has 1 aliphatic carbocycles. The number of para-hydroxylation sites is 1. The summed E-state index contributed by atoms with van der Waals surface area (Å²) in [5.74, 6) is 0.994. The van der Waals surface area contributed by atoms with Crippen LogP contribution in [0, 0.1) is 18.8 Å². The van der Waals surface area contributed by atoms with Gasteiger partial charge in [0.05, 0.1) is 17.7 Å². The van der Waals surface area contributed by atoms with Crippen LogP contribution in [0.2, 0.25) is 0 Å². The van der Waals surface area contributed by atoms with E-state index in [-0.39, 0.29) is 41.2 Å². The third kappa shape index (κ3) is 7.61. The Balaban J connectivity index is 0.00000405. The predicted molar refractivity (Wildman–Crippen MR) is 168 cm³/mol. The van der Waals surface area contributed by atoms with Crippen molar-refractivity contribution in [1.82, 2.24) is 19.6 Å². The van der Waals surface area contributed by atoms with Crippen molar-refractivity contribution in [2.24, 2.45) is 11.8 Å². The van der Waals surface area contributed by atoms with Crippen molar-refractivity contribution in [3.8, 4) is 10.4 Å². The zero-order valence-electron chi connectivity index (χ0n) is 24.1. The van der Waals surface area contributed by atoms with Crippen LogP contribution in [0.1, 0.15) is 63.3 Å². The number of hydrogen-bond acceptors (Lipinski definition) is 6. The van der Waals surface area contributed by atoms with Crippen LogP contribution in [0.15, 0.2) is 46.9 Å². The number of imidazole rings is 1. The molecule has 9 nitrogen and oxygen atoms in total. The van der Waals surface area contributed by atoms with Crippen LogP contribution in [-0.4, -0.2) is 54.2 Å². The highest BCUT2D eigenvalue weighted by Gasteiger charge is 2.37. The van der Waals surface area contributed by atoms with E-state index in [0.717, 1.165) is 35.0 Å². The zero-order chi connectivity index (χ0) is 29.0. The van der Waals surface area contributed by atoms with E-state index in [4.69, 9.17) is 0 Å². The van der Waals surface area contributed by atoms with Gasteiger partial charge in [-0.05, 0) is 81.2 Å². The summed E-state index contributed by atoms with van der Waals surface area (Å²) in [7, 11) is -4.18. The summed E-state index contributed by atoms with van der Waals surface area (Å²) < 4.78 is 30.7. The van der Waals surface area contributed by atoms with Gasteiger partial charge in [-0.25, -0.2) is 13.4 Å². The molecule has 1 aromatic carbocycles. The first-order chi connectivity index (χ1) is 19.8. The fourth-order valence-corrected chi connectivity index (χ4v) is 7.89. The summed E-state index contributed by atoms with van der Waals surface area (Å²) in [4.78, 5) is 36.4. The molecular weight excluding hydrogens is 594 g/mol. The summed E-state index contributed by atoms with van der Waals surface area (Å²) >= 11 is 1.46. The highest BCUT2D eigenvalue weighted by atomic mass is 35.5. The Morgan fingerprint density at radius 1 is 1.12 bits per heavy atom. The van der Waals surface area contributed by atoms with Crippen molar-refractivity contribution in [1.29, 1.82) is 0 Å². The zero-order valence-corrected chi connectivity index (χ0v) is 26.5. The van der Waals surface area contributed by atoms with Gasteiger partial charge in [-0.3, -0.25) is 9.59 Å². The van der Waals surface area contributed by atoms with E-state index in [9.17, 15) is 18.0 Å². The lowest BCUT2D eigenvalue weighted by Crippen LogP contribution is -2.50. The molecule has 3 N–H and O–H groups in total. The van der Waals surface area contributed by atoms with Crippen LogP contribution >= 0.6 is 23.7 Å². The number of anilines is 1. The minimum absolute atomic E-state index is 0. The second-order valence-electron chi connectivity index (χ2n) is 11.1. The molecule has 3 heterocycles. The smallest absolute Gasteiger partial charge is 0.243 e. The Labute approximate surface area is 258 Å². The number of H-pyrrole nitrogens is 1. The Morgan fingerprint density at radius 2 is 1.86 bits per heavy atom. The molecule has 2 amide bonds. The van der Waals surface area contributed by atoms with Crippen molar-refractivity contribution >= 4 is 51.3 Å². The predicted octanol–water partition coefficient (Wildman–Crippen LogP) is 5.54. The van der Waals surface area contributed by atoms with E-state index in [1.165, 1.54) is 30.2 Å². The van der Waals surface area contributed by atoms with Crippen LogP contribution < -0.4 is 10.0 Å². The van der Waals surface area contributed by atoms with Gasteiger partial charge in [0.15, 0.2) is 0 Å². The number of likely N-dealkylation sites (tertiary alicyclic amines) is 1. The van der Waals surface area contributed by atoms with E-state index in [1.54, 1.807) is 25.4 Å². The molecule has 2 aliphatic rings. The Morgan fingerprint density at radius 3 is 2.48 bits per heavy atom. The second-order valence-corrected chi connectivity index (χ2v) is 13.7. The minimum atomic E-state index is -4.18. The molecule has 1 saturated carbocycles. The minimum Gasteiger partial charge on any atom is -0.348 e. The van der Waals surface area contributed by atoms with Gasteiger partial charge in [-0.2, -0.15) is 4.72 Å². The molecule has 0 radical (unpaired) electrons. The average Bonchev–Trinajstić information content (AvgIpc) is 3.52. The van der Waals surface area contributed by atoms with E-state index in [1.807, 2.05) is 29.3 Å². The number of benzene rings is 1. The highest BCUT2D eigenvalue weighted by molar-refractivity contribution is 7.89. The number of carbonyl (C=O) groups is 2. The lowest BCUT2D eigenvalue weighted by molar-refractivity contribution is -0.134. The van der Waals surface area contributed by atoms with Gasteiger partial charge >= 0.3 is 0 Å². The van der Waals surface area contributed by atoms with Crippen LogP contribution in [0.5, 0.6) is 0 Å². The average molecular weight is 634 g/mol. The third-order valence-electron chi connectivity index (χ3n) is 8.26.